The Hall–Kier alpha value is -1.96. The van der Waals surface area contributed by atoms with Crippen LogP contribution in [0, 0.1) is 0 Å². The average Bonchev–Trinajstić information content (AvgIpc) is 2.96. The number of nitrogens with one attached hydrogen (secondary N) is 1. The third kappa shape index (κ3) is 1.63. The van der Waals surface area contributed by atoms with Crippen LogP contribution in [-0.2, 0) is 13.0 Å². The SMILES string of the molecule is c1ccc2c(CCn3cccc3)c[nH]c2c1. The van der Waals surface area contributed by atoms with Gasteiger partial charge in [0.1, 0.15) is 0 Å². The molecular formula is C14H14N2. The predicted molar refractivity (Wildman–Crippen MR) is 66.4 cm³/mol. The summed E-state index contributed by atoms with van der Waals surface area (Å²) >= 11 is 0. The van der Waals surface area contributed by atoms with Gasteiger partial charge in [0.2, 0.25) is 0 Å². The number of fused-ring (bicyclic) bond motifs is 1. The van der Waals surface area contributed by atoms with E-state index in [1.165, 1.54) is 16.5 Å². The second-order valence-corrected chi connectivity index (χ2v) is 4.03. The van der Waals surface area contributed by atoms with E-state index in [4.69, 9.17) is 0 Å². The molecule has 1 N–H and O–H groups in total. The fourth-order valence-electron chi connectivity index (χ4n) is 2.11. The highest BCUT2D eigenvalue weighted by Crippen LogP contribution is 2.18. The quantitative estimate of drug-likeness (QED) is 0.685. The summed E-state index contributed by atoms with van der Waals surface area (Å²) < 4.78 is 2.21. The minimum Gasteiger partial charge on any atom is -0.361 e. The van der Waals surface area contributed by atoms with E-state index in [2.05, 4.69) is 64.5 Å². The molecule has 3 aromatic rings. The molecule has 0 saturated heterocycles. The summed E-state index contributed by atoms with van der Waals surface area (Å²) in [7, 11) is 0. The van der Waals surface area contributed by atoms with E-state index in [1.807, 2.05) is 0 Å². The maximum absolute atomic E-state index is 3.31. The van der Waals surface area contributed by atoms with Crippen molar-refractivity contribution in [3.8, 4) is 0 Å². The lowest BCUT2D eigenvalue weighted by molar-refractivity contribution is 0.703. The second-order valence-electron chi connectivity index (χ2n) is 4.03. The molecule has 0 fully saturated rings. The third-order valence-electron chi connectivity index (χ3n) is 2.98. The van der Waals surface area contributed by atoms with E-state index in [0.717, 1.165) is 13.0 Å². The Kier molecular flexibility index (Phi) is 2.26. The summed E-state index contributed by atoms with van der Waals surface area (Å²) in [5.74, 6) is 0. The van der Waals surface area contributed by atoms with Gasteiger partial charge in [-0.15, -0.1) is 0 Å². The van der Waals surface area contributed by atoms with Crippen molar-refractivity contribution in [3.63, 3.8) is 0 Å². The highest BCUT2D eigenvalue weighted by Gasteiger charge is 2.02. The molecule has 0 aliphatic carbocycles. The van der Waals surface area contributed by atoms with Gasteiger partial charge in [-0.2, -0.15) is 0 Å². The molecule has 80 valence electrons. The first-order valence-corrected chi connectivity index (χ1v) is 5.59. The van der Waals surface area contributed by atoms with Crippen LogP contribution in [0.5, 0.6) is 0 Å². The van der Waals surface area contributed by atoms with Crippen LogP contribution < -0.4 is 0 Å². The molecule has 0 unspecified atom stereocenters. The van der Waals surface area contributed by atoms with Gasteiger partial charge in [-0.3, -0.25) is 0 Å². The Morgan fingerprint density at radius 1 is 1.00 bits per heavy atom. The number of H-pyrrole nitrogens is 1. The van der Waals surface area contributed by atoms with E-state index in [0.29, 0.717) is 0 Å². The van der Waals surface area contributed by atoms with Crippen LogP contribution in [0.1, 0.15) is 5.56 Å². The Balaban J connectivity index is 1.84. The normalized spacial score (nSPS) is 11.0. The molecule has 0 aliphatic rings. The van der Waals surface area contributed by atoms with Crippen molar-refractivity contribution in [2.75, 3.05) is 0 Å². The lowest BCUT2D eigenvalue weighted by Crippen LogP contribution is -1.97. The molecule has 0 atom stereocenters. The molecule has 0 aliphatic heterocycles. The molecule has 1 aromatic carbocycles. The van der Waals surface area contributed by atoms with Gasteiger partial charge in [0.25, 0.3) is 0 Å². The first kappa shape index (κ1) is 9.28. The van der Waals surface area contributed by atoms with E-state index in [1.54, 1.807) is 0 Å². The van der Waals surface area contributed by atoms with Crippen molar-refractivity contribution in [1.82, 2.24) is 9.55 Å². The fourth-order valence-corrected chi connectivity index (χ4v) is 2.11. The van der Waals surface area contributed by atoms with Crippen molar-refractivity contribution in [2.24, 2.45) is 0 Å². The molecular weight excluding hydrogens is 196 g/mol. The molecule has 0 saturated carbocycles. The van der Waals surface area contributed by atoms with Gasteiger partial charge in [0.05, 0.1) is 0 Å². The molecule has 0 bridgehead atoms. The molecule has 2 heteroatoms. The number of benzene rings is 1. The van der Waals surface area contributed by atoms with Gasteiger partial charge in [-0.05, 0) is 30.2 Å². The fraction of sp³-hybridized carbons (Fsp3) is 0.143. The number of nitrogens with zero attached hydrogens (tertiary/aromatic N) is 1. The standard InChI is InChI=1S/C14H14N2/c1-2-6-14-13(5-1)12(11-15-14)7-10-16-8-3-4-9-16/h1-6,8-9,11,15H,7,10H2. The number of para-hydroxylation sites is 1. The maximum Gasteiger partial charge on any atom is 0.0456 e. The zero-order chi connectivity index (χ0) is 10.8. The number of aryl methyl sites for hydroxylation is 2. The van der Waals surface area contributed by atoms with Crippen molar-refractivity contribution in [2.45, 2.75) is 13.0 Å². The molecule has 0 spiro atoms. The Labute approximate surface area is 94.5 Å². The highest BCUT2D eigenvalue weighted by molar-refractivity contribution is 5.82. The van der Waals surface area contributed by atoms with E-state index >= 15 is 0 Å². The molecule has 16 heavy (non-hydrogen) atoms. The molecule has 3 rings (SSSR count). The van der Waals surface area contributed by atoms with E-state index < -0.39 is 0 Å². The first-order chi connectivity index (χ1) is 7.93. The molecule has 2 aromatic heterocycles. The number of aromatic nitrogens is 2. The van der Waals surface area contributed by atoms with Crippen molar-refractivity contribution in [3.05, 3.63) is 60.6 Å². The summed E-state index contributed by atoms with van der Waals surface area (Å²) in [5.41, 5.74) is 2.62. The maximum atomic E-state index is 3.31. The van der Waals surface area contributed by atoms with Crippen molar-refractivity contribution in [1.29, 1.82) is 0 Å². The van der Waals surface area contributed by atoms with Gasteiger partial charge in [0, 0.05) is 36.0 Å². The largest absolute Gasteiger partial charge is 0.361 e. The molecule has 2 heterocycles. The molecule has 2 nitrogen and oxygen atoms in total. The Bertz CT molecular complexity index is 576. The van der Waals surface area contributed by atoms with Crippen LogP contribution in [0.4, 0.5) is 0 Å². The number of hydrogen-bond acceptors (Lipinski definition) is 0. The van der Waals surface area contributed by atoms with Crippen molar-refractivity contribution < 1.29 is 0 Å². The predicted octanol–water partition coefficient (Wildman–Crippen LogP) is 3.21. The average molecular weight is 210 g/mol. The Morgan fingerprint density at radius 2 is 1.81 bits per heavy atom. The lowest BCUT2D eigenvalue weighted by Gasteiger charge is -2.01. The van der Waals surface area contributed by atoms with E-state index in [-0.39, 0.29) is 0 Å². The summed E-state index contributed by atoms with van der Waals surface area (Å²) in [6.07, 6.45) is 7.40. The lowest BCUT2D eigenvalue weighted by atomic mass is 10.1. The van der Waals surface area contributed by atoms with Gasteiger partial charge >= 0.3 is 0 Å². The summed E-state index contributed by atoms with van der Waals surface area (Å²) in [4.78, 5) is 3.31. The van der Waals surface area contributed by atoms with Crippen LogP contribution in [0.2, 0.25) is 0 Å². The molecule has 0 amide bonds. The third-order valence-corrected chi connectivity index (χ3v) is 2.98. The van der Waals surface area contributed by atoms with Crippen LogP contribution >= 0.6 is 0 Å². The van der Waals surface area contributed by atoms with Crippen LogP contribution in [0.3, 0.4) is 0 Å². The Morgan fingerprint density at radius 3 is 2.69 bits per heavy atom. The highest BCUT2D eigenvalue weighted by atomic mass is 14.9. The smallest absolute Gasteiger partial charge is 0.0456 e. The number of rotatable bonds is 3. The zero-order valence-corrected chi connectivity index (χ0v) is 9.06. The van der Waals surface area contributed by atoms with Gasteiger partial charge < -0.3 is 9.55 Å². The summed E-state index contributed by atoms with van der Waals surface area (Å²) in [6.45, 7) is 1.04. The monoisotopic (exact) mass is 210 g/mol. The topological polar surface area (TPSA) is 20.7 Å². The zero-order valence-electron chi connectivity index (χ0n) is 9.06. The van der Waals surface area contributed by atoms with Crippen LogP contribution in [0.15, 0.2) is 55.0 Å². The van der Waals surface area contributed by atoms with E-state index in [9.17, 15) is 0 Å². The van der Waals surface area contributed by atoms with Crippen LogP contribution in [0.25, 0.3) is 10.9 Å². The minimum absolute atomic E-state index is 1.04. The minimum atomic E-state index is 1.04. The van der Waals surface area contributed by atoms with Gasteiger partial charge in [0.15, 0.2) is 0 Å². The molecule has 0 radical (unpaired) electrons. The number of aromatic amines is 1. The summed E-state index contributed by atoms with van der Waals surface area (Å²) in [6, 6.07) is 12.6. The second kappa shape index (κ2) is 3.89. The van der Waals surface area contributed by atoms with Gasteiger partial charge in [-0.1, -0.05) is 18.2 Å². The number of hydrogen-bond donors (Lipinski definition) is 1. The summed E-state index contributed by atoms with van der Waals surface area (Å²) in [5, 5.41) is 1.34. The van der Waals surface area contributed by atoms with Crippen LogP contribution in [-0.4, -0.2) is 9.55 Å². The van der Waals surface area contributed by atoms with Crippen molar-refractivity contribution >= 4 is 10.9 Å². The first-order valence-electron chi connectivity index (χ1n) is 5.59. The van der Waals surface area contributed by atoms with Gasteiger partial charge in [-0.25, -0.2) is 0 Å².